The predicted molar refractivity (Wildman–Crippen MR) is 212 cm³/mol. The Hall–Kier alpha value is -6.46. The minimum atomic E-state index is -1.21. The van der Waals surface area contributed by atoms with Gasteiger partial charge in [-0.05, 0) is 47.2 Å². The summed E-state index contributed by atoms with van der Waals surface area (Å²) in [5, 5.41) is 22.7. The normalized spacial score (nSPS) is 12.3. The van der Waals surface area contributed by atoms with Crippen molar-refractivity contribution in [1.82, 2.24) is 20.9 Å². The zero-order valence-electron chi connectivity index (χ0n) is 30.6. The van der Waals surface area contributed by atoms with E-state index in [9.17, 15) is 24.3 Å². The van der Waals surface area contributed by atoms with Gasteiger partial charge in [0.25, 0.3) is 0 Å². The number of ether oxygens (including phenoxy) is 1. The molecule has 3 atom stereocenters. The highest BCUT2D eigenvalue weighted by Gasteiger charge is 2.28. The molecule has 0 unspecified atom stereocenters. The monoisotopic (exact) mass is 741 g/mol. The first kappa shape index (κ1) is 39.7. The largest absolute Gasteiger partial charge is 0.445 e. The number of para-hydroxylation sites is 1. The molecule has 0 fully saturated rings. The van der Waals surface area contributed by atoms with Gasteiger partial charge in [0.05, 0.1) is 25.2 Å². The summed E-state index contributed by atoms with van der Waals surface area (Å²) in [5.41, 5.74) is 4.10. The molecule has 11 nitrogen and oxygen atoms in total. The molecule has 5 aromatic carbocycles. The molecule has 0 aliphatic rings. The Morgan fingerprint density at radius 3 is 1.71 bits per heavy atom. The predicted octanol–water partition coefficient (Wildman–Crippen LogP) is 5.51. The van der Waals surface area contributed by atoms with Crippen LogP contribution in [0.25, 0.3) is 0 Å². The van der Waals surface area contributed by atoms with Crippen LogP contribution in [0.4, 0.5) is 15.3 Å². The van der Waals surface area contributed by atoms with Gasteiger partial charge in [0, 0.05) is 18.7 Å². The van der Waals surface area contributed by atoms with Crippen LogP contribution < -0.4 is 21.3 Å². The van der Waals surface area contributed by atoms with Crippen molar-refractivity contribution in [3.05, 3.63) is 174 Å². The van der Waals surface area contributed by atoms with E-state index in [1.165, 1.54) is 4.90 Å². The summed E-state index contributed by atoms with van der Waals surface area (Å²) >= 11 is 0. The van der Waals surface area contributed by atoms with E-state index in [2.05, 4.69) is 21.3 Å². The lowest BCUT2D eigenvalue weighted by atomic mass is 10.0. The number of carbonyl (C=O) groups excluding carboxylic acids is 4. The molecule has 0 aromatic heterocycles. The lowest BCUT2D eigenvalue weighted by molar-refractivity contribution is -0.125. The minimum absolute atomic E-state index is 0.0502. The molecule has 0 saturated heterocycles. The topological polar surface area (TPSA) is 149 Å². The zero-order chi connectivity index (χ0) is 38.7. The van der Waals surface area contributed by atoms with Crippen molar-refractivity contribution in [3.63, 3.8) is 0 Å². The number of aliphatic hydroxyl groups is 1. The molecule has 11 heteroatoms. The third kappa shape index (κ3) is 13.8. The number of alkyl carbamates (subject to hydrolysis) is 1. The molecule has 0 heterocycles. The Morgan fingerprint density at radius 1 is 0.618 bits per heavy atom. The number of anilines is 1. The molecule has 0 saturated carbocycles. The Morgan fingerprint density at radius 2 is 1.13 bits per heavy atom. The van der Waals surface area contributed by atoms with E-state index in [0.717, 1.165) is 22.3 Å². The first-order valence-electron chi connectivity index (χ1n) is 18.3. The number of benzene rings is 5. The van der Waals surface area contributed by atoms with Gasteiger partial charge in [0.1, 0.15) is 12.6 Å². The summed E-state index contributed by atoms with van der Waals surface area (Å²) in [6, 6.07) is 44.2. The average molecular weight is 742 g/mol. The second kappa shape index (κ2) is 21.3. The van der Waals surface area contributed by atoms with Crippen molar-refractivity contribution < 1.29 is 29.0 Å². The molecule has 0 aliphatic carbocycles. The van der Waals surface area contributed by atoms with Crippen molar-refractivity contribution in [2.75, 3.05) is 25.0 Å². The van der Waals surface area contributed by atoms with Gasteiger partial charge in [0.15, 0.2) is 0 Å². The maximum Gasteiger partial charge on any atom is 0.407 e. The summed E-state index contributed by atoms with van der Waals surface area (Å²) in [7, 11) is 0. The summed E-state index contributed by atoms with van der Waals surface area (Å²) in [6.07, 6.45) is -0.939. The number of nitrogens with one attached hydrogen (secondary N) is 4. The molecule has 0 bridgehead atoms. The molecule has 5 N–H and O–H groups in total. The van der Waals surface area contributed by atoms with Crippen LogP contribution in [0.1, 0.15) is 22.3 Å². The molecule has 0 spiro atoms. The van der Waals surface area contributed by atoms with Crippen molar-refractivity contribution in [3.8, 4) is 0 Å². The third-order valence-electron chi connectivity index (χ3n) is 8.86. The van der Waals surface area contributed by atoms with E-state index < -0.39 is 48.7 Å². The van der Waals surface area contributed by atoms with Crippen LogP contribution in [0.5, 0.6) is 0 Å². The van der Waals surface area contributed by atoms with Crippen LogP contribution in [0.3, 0.4) is 0 Å². The smallest absolute Gasteiger partial charge is 0.407 e. The first-order chi connectivity index (χ1) is 26.8. The summed E-state index contributed by atoms with van der Waals surface area (Å²) < 4.78 is 5.46. The van der Waals surface area contributed by atoms with E-state index >= 15 is 0 Å². The van der Waals surface area contributed by atoms with Gasteiger partial charge >= 0.3 is 12.1 Å². The molecule has 0 aliphatic heterocycles. The van der Waals surface area contributed by atoms with Crippen LogP contribution >= 0.6 is 0 Å². The van der Waals surface area contributed by atoms with Gasteiger partial charge in [0.2, 0.25) is 11.8 Å². The average Bonchev–Trinajstić information content (AvgIpc) is 3.22. The van der Waals surface area contributed by atoms with E-state index in [1.54, 1.807) is 24.3 Å². The fraction of sp³-hybridized carbons (Fsp3) is 0.227. The number of hydrogen-bond acceptors (Lipinski definition) is 6. The fourth-order valence-corrected chi connectivity index (χ4v) is 5.93. The lowest BCUT2D eigenvalue weighted by Gasteiger charge is -2.30. The van der Waals surface area contributed by atoms with Gasteiger partial charge < -0.3 is 36.0 Å². The first-order valence-corrected chi connectivity index (χ1v) is 18.3. The van der Waals surface area contributed by atoms with Crippen LogP contribution in [-0.4, -0.2) is 71.8 Å². The van der Waals surface area contributed by atoms with E-state index in [1.807, 2.05) is 127 Å². The molecule has 55 heavy (non-hydrogen) atoms. The number of aliphatic hydroxyl groups excluding tert-OH is 1. The molecule has 5 rings (SSSR count). The Kier molecular flexibility index (Phi) is 15.4. The molecule has 5 amide bonds. The Labute approximate surface area is 321 Å². The van der Waals surface area contributed by atoms with Crippen molar-refractivity contribution >= 4 is 29.6 Å². The standard InChI is InChI=1S/C44H47N5O6/c50-40(38(28-34-18-8-2-9-19-34)48-44(54)55-32-36-22-12-4-13-23-36)31-49(27-26-33-16-6-1-7-17-33)43(53)45-30-41(51)47-39(29-35-20-10-3-11-21-35)42(52)46-37-24-14-5-15-25-37/h1-25,38-40,50H,26-32H2,(H,45,53)(H,46,52)(H,47,51)(H,48,54)/t38-,39-,40+/m0/s1. The number of hydrogen-bond donors (Lipinski definition) is 5. The van der Waals surface area contributed by atoms with Gasteiger partial charge in [-0.25, -0.2) is 9.59 Å². The maximum atomic E-state index is 13.8. The van der Waals surface area contributed by atoms with Crippen LogP contribution in [0, 0.1) is 0 Å². The van der Waals surface area contributed by atoms with Crippen molar-refractivity contribution in [2.45, 2.75) is 44.1 Å². The van der Waals surface area contributed by atoms with Gasteiger partial charge in [-0.1, -0.05) is 140 Å². The highest BCUT2D eigenvalue weighted by atomic mass is 16.5. The number of urea groups is 1. The van der Waals surface area contributed by atoms with Crippen LogP contribution in [0.15, 0.2) is 152 Å². The lowest BCUT2D eigenvalue weighted by Crippen LogP contribution is -2.54. The number of rotatable bonds is 18. The second-order valence-corrected chi connectivity index (χ2v) is 13.1. The SMILES string of the molecule is O=C(CNC(=O)N(CCc1ccccc1)C[C@@H](O)[C@H](Cc1ccccc1)NC(=O)OCc1ccccc1)N[C@@H](Cc1ccccc1)C(=O)Nc1ccccc1. The van der Waals surface area contributed by atoms with Crippen LogP contribution in [0.2, 0.25) is 0 Å². The highest BCUT2D eigenvalue weighted by molar-refractivity contribution is 5.98. The van der Waals surface area contributed by atoms with Gasteiger partial charge in [-0.15, -0.1) is 0 Å². The minimum Gasteiger partial charge on any atom is -0.445 e. The highest BCUT2D eigenvalue weighted by Crippen LogP contribution is 2.12. The zero-order valence-corrected chi connectivity index (χ0v) is 30.6. The Balaban J connectivity index is 1.25. The molecule has 284 valence electrons. The summed E-state index contributed by atoms with van der Waals surface area (Å²) in [6.45, 7) is -0.319. The quantitative estimate of drug-likeness (QED) is 0.0801. The van der Waals surface area contributed by atoms with Crippen molar-refractivity contribution in [1.29, 1.82) is 0 Å². The third-order valence-corrected chi connectivity index (χ3v) is 8.86. The van der Waals surface area contributed by atoms with Gasteiger partial charge in [-0.2, -0.15) is 0 Å². The van der Waals surface area contributed by atoms with Crippen molar-refractivity contribution in [2.24, 2.45) is 0 Å². The molecule has 5 aromatic rings. The molecular formula is C44H47N5O6. The van der Waals surface area contributed by atoms with E-state index in [4.69, 9.17) is 4.74 Å². The maximum absolute atomic E-state index is 13.8. The number of amides is 5. The fourth-order valence-electron chi connectivity index (χ4n) is 5.93. The summed E-state index contributed by atoms with van der Waals surface area (Å²) in [5.74, 6) is -0.965. The van der Waals surface area contributed by atoms with E-state index in [-0.39, 0.29) is 32.5 Å². The summed E-state index contributed by atoms with van der Waals surface area (Å²) in [4.78, 5) is 54.8. The van der Waals surface area contributed by atoms with Crippen LogP contribution in [-0.2, 0) is 40.2 Å². The molecular weight excluding hydrogens is 695 g/mol. The molecule has 0 radical (unpaired) electrons. The Bertz CT molecular complexity index is 1920. The number of nitrogens with zero attached hydrogens (tertiary/aromatic N) is 1. The van der Waals surface area contributed by atoms with Gasteiger partial charge in [-0.3, -0.25) is 9.59 Å². The second-order valence-electron chi connectivity index (χ2n) is 13.1. The number of carbonyl (C=O) groups is 4. The van der Waals surface area contributed by atoms with E-state index in [0.29, 0.717) is 12.1 Å².